The fraction of sp³-hybridized carbons (Fsp3) is 0.400. The summed E-state index contributed by atoms with van der Waals surface area (Å²) in [5, 5.41) is 17.5. The topological polar surface area (TPSA) is 88.2 Å². The first-order chi connectivity index (χ1) is 10.3. The maximum Gasteiger partial charge on any atom is 0.156 e. The van der Waals surface area contributed by atoms with Crippen LogP contribution in [0.3, 0.4) is 0 Å². The van der Waals surface area contributed by atoms with Crippen molar-refractivity contribution in [1.82, 2.24) is 14.5 Å². The van der Waals surface area contributed by atoms with Gasteiger partial charge in [0.05, 0.1) is 11.4 Å². The number of fused-ring (bicyclic) bond motifs is 1. The Balaban J connectivity index is 0.000000309. The molecule has 0 aliphatic heterocycles. The molecule has 0 spiro atoms. The van der Waals surface area contributed by atoms with Crippen LogP contribution in [0.4, 0.5) is 0 Å². The smallest absolute Gasteiger partial charge is 0.156 e. The summed E-state index contributed by atoms with van der Waals surface area (Å²) in [5.74, 6) is -1.50. The molecule has 118 valence electrons. The van der Waals surface area contributed by atoms with Crippen molar-refractivity contribution in [2.24, 2.45) is 0 Å². The number of carbonyl (C=O) groups excluding carboxylic acids is 1. The Hall–Kier alpha value is -1.76. The Bertz CT molecular complexity index is 698. The summed E-state index contributed by atoms with van der Waals surface area (Å²) in [6.07, 6.45) is 8.07. The van der Waals surface area contributed by atoms with Gasteiger partial charge in [-0.15, -0.1) is 0 Å². The molecule has 1 atom stereocenters. The Morgan fingerprint density at radius 1 is 1.41 bits per heavy atom. The molecule has 0 radical (unpaired) electrons. The van der Waals surface area contributed by atoms with Gasteiger partial charge in [-0.05, 0) is 38.3 Å². The second-order valence-corrected chi connectivity index (χ2v) is 5.94. The first-order valence-corrected chi connectivity index (χ1v) is 7.25. The standard InChI is InChI=1S/C12H10ClN3O.C3H8O2/c13-11-10-3-4-16(12(10)15-7-14-11)9-2-1-8(5-9)6-17;1-3(2,4)5/h3-7,9H,1-2H2;4-5H,1-2H3. The number of aliphatic hydroxyl groups is 2. The fourth-order valence-electron chi connectivity index (χ4n) is 2.25. The minimum Gasteiger partial charge on any atom is -0.366 e. The first kappa shape index (κ1) is 16.6. The number of aldehydes is 1. The third-order valence-corrected chi connectivity index (χ3v) is 3.41. The number of aromatic nitrogens is 3. The zero-order valence-corrected chi connectivity index (χ0v) is 13.2. The average Bonchev–Trinajstić information content (AvgIpc) is 3.02. The minimum absolute atomic E-state index is 0.193. The Kier molecular flexibility index (Phi) is 4.95. The van der Waals surface area contributed by atoms with Crippen molar-refractivity contribution in [2.45, 2.75) is 38.5 Å². The molecular formula is C15H18ClN3O3. The number of nitrogens with zero attached hydrogens (tertiary/aromatic N) is 3. The van der Waals surface area contributed by atoms with Crippen LogP contribution in [0.5, 0.6) is 0 Å². The predicted molar refractivity (Wildman–Crippen MR) is 83.5 cm³/mol. The van der Waals surface area contributed by atoms with Crippen LogP contribution in [0.25, 0.3) is 11.0 Å². The van der Waals surface area contributed by atoms with Gasteiger partial charge in [-0.3, -0.25) is 4.79 Å². The van der Waals surface area contributed by atoms with Crippen molar-refractivity contribution in [3.05, 3.63) is 35.4 Å². The zero-order valence-electron chi connectivity index (χ0n) is 12.4. The summed E-state index contributed by atoms with van der Waals surface area (Å²) in [4.78, 5) is 18.9. The molecule has 0 saturated carbocycles. The van der Waals surface area contributed by atoms with Gasteiger partial charge in [-0.1, -0.05) is 17.7 Å². The summed E-state index contributed by atoms with van der Waals surface area (Å²) in [6, 6.07) is 2.10. The highest BCUT2D eigenvalue weighted by molar-refractivity contribution is 6.33. The summed E-state index contributed by atoms with van der Waals surface area (Å²) in [7, 11) is 0. The van der Waals surface area contributed by atoms with Crippen molar-refractivity contribution in [1.29, 1.82) is 0 Å². The maximum atomic E-state index is 10.7. The number of hydrogen-bond acceptors (Lipinski definition) is 5. The maximum absolute atomic E-state index is 10.7. The number of halogens is 1. The fourth-order valence-corrected chi connectivity index (χ4v) is 2.44. The molecule has 2 N–H and O–H groups in total. The van der Waals surface area contributed by atoms with Gasteiger partial charge in [0.2, 0.25) is 0 Å². The van der Waals surface area contributed by atoms with Gasteiger partial charge < -0.3 is 14.8 Å². The van der Waals surface area contributed by atoms with E-state index in [9.17, 15) is 4.79 Å². The van der Waals surface area contributed by atoms with Crippen LogP contribution in [0, 0.1) is 0 Å². The molecule has 0 saturated heterocycles. The summed E-state index contributed by atoms with van der Waals surface area (Å²) >= 11 is 6.00. The molecule has 6 nitrogen and oxygen atoms in total. The Morgan fingerprint density at radius 3 is 2.68 bits per heavy atom. The van der Waals surface area contributed by atoms with Gasteiger partial charge in [0.15, 0.2) is 5.79 Å². The molecule has 0 aromatic carbocycles. The van der Waals surface area contributed by atoms with Crippen molar-refractivity contribution in [2.75, 3.05) is 0 Å². The molecule has 2 aromatic heterocycles. The first-order valence-electron chi connectivity index (χ1n) is 6.87. The van der Waals surface area contributed by atoms with E-state index >= 15 is 0 Å². The van der Waals surface area contributed by atoms with Gasteiger partial charge >= 0.3 is 0 Å². The predicted octanol–water partition coefficient (Wildman–Crippen LogP) is 2.25. The molecule has 7 heteroatoms. The molecule has 1 aliphatic carbocycles. The third kappa shape index (κ3) is 4.13. The van der Waals surface area contributed by atoms with Crippen LogP contribution in [-0.4, -0.2) is 36.8 Å². The van der Waals surface area contributed by atoms with Crippen LogP contribution in [0.15, 0.2) is 30.2 Å². The van der Waals surface area contributed by atoms with E-state index in [1.165, 1.54) is 20.2 Å². The lowest BCUT2D eigenvalue weighted by molar-refractivity contribution is -0.127. The van der Waals surface area contributed by atoms with E-state index in [0.717, 1.165) is 35.7 Å². The van der Waals surface area contributed by atoms with Gasteiger partial charge in [0.1, 0.15) is 23.4 Å². The lowest BCUT2D eigenvalue weighted by atomic mass is 10.2. The van der Waals surface area contributed by atoms with E-state index in [1.807, 2.05) is 22.9 Å². The Labute approximate surface area is 133 Å². The SMILES string of the molecule is CC(C)(O)O.O=CC1=CC(n2ccc3c(Cl)ncnc32)CC1. The van der Waals surface area contributed by atoms with Crippen LogP contribution in [0.1, 0.15) is 32.7 Å². The van der Waals surface area contributed by atoms with E-state index in [1.54, 1.807) is 0 Å². The molecule has 22 heavy (non-hydrogen) atoms. The molecule has 2 heterocycles. The molecule has 1 unspecified atom stereocenters. The second kappa shape index (κ2) is 6.56. The second-order valence-electron chi connectivity index (χ2n) is 5.58. The number of rotatable bonds is 2. The molecule has 2 aromatic rings. The Morgan fingerprint density at radius 2 is 2.09 bits per heavy atom. The van der Waals surface area contributed by atoms with E-state index in [0.29, 0.717) is 5.15 Å². The van der Waals surface area contributed by atoms with Crippen LogP contribution in [0.2, 0.25) is 5.15 Å². The third-order valence-electron chi connectivity index (χ3n) is 3.10. The molecule has 0 fully saturated rings. The number of allylic oxidation sites excluding steroid dienone is 2. The summed E-state index contributed by atoms with van der Waals surface area (Å²) < 4.78 is 2.04. The normalized spacial score (nSPS) is 17.9. The van der Waals surface area contributed by atoms with Crippen LogP contribution >= 0.6 is 11.6 Å². The minimum atomic E-state index is -1.50. The van der Waals surface area contributed by atoms with Gasteiger partial charge in [-0.25, -0.2) is 9.97 Å². The highest BCUT2D eigenvalue weighted by Crippen LogP contribution is 2.31. The van der Waals surface area contributed by atoms with Gasteiger partial charge in [-0.2, -0.15) is 0 Å². The highest BCUT2D eigenvalue weighted by Gasteiger charge is 2.19. The zero-order chi connectivity index (χ0) is 16.3. The molecule has 1 aliphatic rings. The van der Waals surface area contributed by atoms with Crippen molar-refractivity contribution < 1.29 is 15.0 Å². The number of hydrogen-bond donors (Lipinski definition) is 2. The quantitative estimate of drug-likeness (QED) is 0.503. The van der Waals surface area contributed by atoms with Gasteiger partial charge in [0, 0.05) is 6.20 Å². The van der Waals surface area contributed by atoms with Gasteiger partial charge in [0.25, 0.3) is 0 Å². The monoisotopic (exact) mass is 323 g/mol. The average molecular weight is 324 g/mol. The van der Waals surface area contributed by atoms with Crippen molar-refractivity contribution >= 4 is 28.9 Å². The molecule has 0 amide bonds. The van der Waals surface area contributed by atoms with E-state index < -0.39 is 5.79 Å². The summed E-state index contributed by atoms with van der Waals surface area (Å²) in [6.45, 7) is 2.60. The van der Waals surface area contributed by atoms with Crippen molar-refractivity contribution in [3.63, 3.8) is 0 Å². The van der Waals surface area contributed by atoms with Crippen LogP contribution < -0.4 is 0 Å². The van der Waals surface area contributed by atoms with E-state index in [4.69, 9.17) is 21.8 Å². The largest absolute Gasteiger partial charge is 0.366 e. The number of carbonyl (C=O) groups is 1. The van der Waals surface area contributed by atoms with Crippen LogP contribution in [-0.2, 0) is 4.79 Å². The molecular weight excluding hydrogens is 306 g/mol. The van der Waals surface area contributed by atoms with Crippen molar-refractivity contribution in [3.8, 4) is 0 Å². The molecule has 3 rings (SSSR count). The lowest BCUT2D eigenvalue weighted by Crippen LogP contribution is -2.15. The lowest BCUT2D eigenvalue weighted by Gasteiger charge is -2.10. The van der Waals surface area contributed by atoms with E-state index in [-0.39, 0.29) is 6.04 Å². The summed E-state index contributed by atoms with van der Waals surface area (Å²) in [5.41, 5.74) is 1.68. The molecule has 0 bridgehead atoms. The highest BCUT2D eigenvalue weighted by atomic mass is 35.5. The van der Waals surface area contributed by atoms with E-state index in [2.05, 4.69) is 9.97 Å².